The molecule has 0 N–H and O–H groups in total. The predicted molar refractivity (Wildman–Crippen MR) is 110 cm³/mol. The van der Waals surface area contributed by atoms with E-state index in [1.54, 1.807) is 12.6 Å². The monoisotopic (exact) mass is 387 g/mol. The lowest BCUT2D eigenvalue weighted by Gasteiger charge is -2.33. The second-order valence-electron chi connectivity index (χ2n) is 7.36. The number of hydrogen-bond donors (Lipinski definition) is 0. The first-order chi connectivity index (χ1) is 13.1. The highest BCUT2D eigenvalue weighted by Gasteiger charge is 2.25. The van der Waals surface area contributed by atoms with E-state index in [0.717, 1.165) is 61.8 Å². The maximum absolute atomic E-state index is 13.2. The number of carbonyl (C=O) groups is 1. The van der Waals surface area contributed by atoms with Gasteiger partial charge in [-0.3, -0.25) is 4.79 Å². The molecular formula is C21H29N3O2S. The molecule has 0 bridgehead atoms. The molecule has 1 aromatic heterocycles. The van der Waals surface area contributed by atoms with Gasteiger partial charge in [-0.25, -0.2) is 4.98 Å². The lowest BCUT2D eigenvalue weighted by molar-refractivity contribution is 0.0704. The van der Waals surface area contributed by atoms with Crippen LogP contribution in [0.4, 0.5) is 0 Å². The molecule has 1 amide bonds. The van der Waals surface area contributed by atoms with Crippen LogP contribution in [0.5, 0.6) is 5.75 Å². The molecule has 0 unspecified atom stereocenters. The van der Waals surface area contributed by atoms with E-state index in [1.807, 2.05) is 24.0 Å². The Kier molecular flexibility index (Phi) is 6.85. The minimum Gasteiger partial charge on any atom is -0.497 e. The van der Waals surface area contributed by atoms with Crippen LogP contribution in [0, 0.1) is 12.8 Å². The summed E-state index contributed by atoms with van der Waals surface area (Å²) in [5, 5.41) is 0. The fourth-order valence-corrected chi connectivity index (χ4v) is 4.31. The third-order valence-electron chi connectivity index (χ3n) is 5.37. The zero-order chi connectivity index (χ0) is 19.2. The van der Waals surface area contributed by atoms with Crippen LogP contribution in [0.3, 0.4) is 0 Å². The Labute approximate surface area is 166 Å². The van der Waals surface area contributed by atoms with Crippen LogP contribution in [0.1, 0.15) is 33.8 Å². The Morgan fingerprint density at radius 1 is 1.30 bits per heavy atom. The van der Waals surface area contributed by atoms with E-state index < -0.39 is 0 Å². The second kappa shape index (κ2) is 9.33. The fourth-order valence-electron chi connectivity index (χ4n) is 3.54. The number of aryl methyl sites for hydroxylation is 1. The molecule has 0 atom stereocenters. The number of benzene rings is 1. The number of carbonyl (C=O) groups excluding carboxylic acids is 1. The molecule has 0 saturated carbocycles. The molecule has 1 fully saturated rings. The predicted octanol–water partition coefficient (Wildman–Crippen LogP) is 3.49. The number of likely N-dealkylation sites (tertiary alicyclic amines) is 1. The molecule has 1 aromatic carbocycles. The highest BCUT2D eigenvalue weighted by Crippen LogP contribution is 2.21. The Morgan fingerprint density at radius 2 is 2.00 bits per heavy atom. The molecule has 1 aliphatic rings. The van der Waals surface area contributed by atoms with E-state index >= 15 is 0 Å². The van der Waals surface area contributed by atoms with Crippen molar-refractivity contribution in [1.82, 2.24) is 14.8 Å². The summed E-state index contributed by atoms with van der Waals surface area (Å²) in [5.74, 6) is 1.56. The van der Waals surface area contributed by atoms with E-state index in [4.69, 9.17) is 4.74 Å². The topological polar surface area (TPSA) is 45.7 Å². The van der Waals surface area contributed by atoms with Crippen molar-refractivity contribution < 1.29 is 9.53 Å². The zero-order valence-corrected chi connectivity index (χ0v) is 17.3. The quantitative estimate of drug-likeness (QED) is 0.730. The van der Waals surface area contributed by atoms with Crippen LogP contribution >= 0.6 is 11.3 Å². The van der Waals surface area contributed by atoms with E-state index in [1.165, 1.54) is 16.9 Å². The standard InChI is InChI=1S/C21H29N3O2S/c1-16-20(27-15-22-16)21(25)24(14-18-8-11-23(2)12-9-18)13-10-17-4-6-19(26-3)7-5-17/h4-7,15,18H,8-14H2,1-3H3. The van der Waals surface area contributed by atoms with Crippen molar-refractivity contribution in [3.63, 3.8) is 0 Å². The van der Waals surface area contributed by atoms with Gasteiger partial charge in [0, 0.05) is 13.1 Å². The molecule has 0 spiro atoms. The number of rotatable bonds is 7. The molecule has 0 radical (unpaired) electrons. The molecule has 6 heteroatoms. The average Bonchev–Trinajstić information content (AvgIpc) is 3.12. The largest absolute Gasteiger partial charge is 0.497 e. The Balaban J connectivity index is 1.68. The van der Waals surface area contributed by atoms with Gasteiger partial charge in [0.25, 0.3) is 5.91 Å². The lowest BCUT2D eigenvalue weighted by atomic mass is 9.96. The summed E-state index contributed by atoms with van der Waals surface area (Å²) >= 11 is 1.45. The SMILES string of the molecule is COc1ccc(CCN(CC2CCN(C)CC2)C(=O)c2scnc2C)cc1. The number of hydrogen-bond acceptors (Lipinski definition) is 5. The summed E-state index contributed by atoms with van der Waals surface area (Å²) < 4.78 is 5.23. The highest BCUT2D eigenvalue weighted by atomic mass is 32.1. The Hall–Kier alpha value is -1.92. The molecular weight excluding hydrogens is 358 g/mol. The van der Waals surface area contributed by atoms with Crippen LogP contribution in [0.25, 0.3) is 0 Å². The summed E-state index contributed by atoms with van der Waals surface area (Å²) in [7, 11) is 3.85. The molecule has 2 aromatic rings. The number of nitrogens with zero attached hydrogens (tertiary/aromatic N) is 3. The van der Waals surface area contributed by atoms with Crippen LogP contribution in [0.2, 0.25) is 0 Å². The zero-order valence-electron chi connectivity index (χ0n) is 16.5. The van der Waals surface area contributed by atoms with Gasteiger partial charge in [0.05, 0.1) is 18.3 Å². The van der Waals surface area contributed by atoms with Crippen molar-refractivity contribution in [2.24, 2.45) is 5.92 Å². The van der Waals surface area contributed by atoms with Gasteiger partial charge < -0.3 is 14.5 Å². The minimum absolute atomic E-state index is 0.127. The van der Waals surface area contributed by atoms with Gasteiger partial charge in [-0.15, -0.1) is 11.3 Å². The molecule has 146 valence electrons. The van der Waals surface area contributed by atoms with Crippen LogP contribution < -0.4 is 4.74 Å². The second-order valence-corrected chi connectivity index (χ2v) is 8.22. The number of methoxy groups -OCH3 is 1. The highest BCUT2D eigenvalue weighted by molar-refractivity contribution is 7.11. The van der Waals surface area contributed by atoms with Crippen LogP contribution in [-0.4, -0.2) is 61.0 Å². The van der Waals surface area contributed by atoms with Gasteiger partial charge in [0.2, 0.25) is 0 Å². The van der Waals surface area contributed by atoms with E-state index in [9.17, 15) is 4.79 Å². The van der Waals surface area contributed by atoms with Crippen molar-refractivity contribution >= 4 is 17.2 Å². The van der Waals surface area contributed by atoms with Crippen LogP contribution in [-0.2, 0) is 6.42 Å². The molecule has 27 heavy (non-hydrogen) atoms. The van der Waals surface area contributed by atoms with Gasteiger partial charge in [-0.2, -0.15) is 0 Å². The first-order valence-corrected chi connectivity index (χ1v) is 10.5. The van der Waals surface area contributed by atoms with Crippen molar-refractivity contribution in [3.8, 4) is 5.75 Å². The molecule has 1 saturated heterocycles. The third-order valence-corrected chi connectivity index (χ3v) is 6.29. The average molecular weight is 388 g/mol. The fraction of sp³-hybridized carbons (Fsp3) is 0.524. The number of thiazole rings is 1. The molecule has 5 nitrogen and oxygen atoms in total. The van der Waals surface area contributed by atoms with Gasteiger partial charge >= 0.3 is 0 Å². The normalized spacial score (nSPS) is 15.7. The van der Waals surface area contributed by atoms with E-state index in [-0.39, 0.29) is 5.91 Å². The lowest BCUT2D eigenvalue weighted by Crippen LogP contribution is -2.40. The van der Waals surface area contributed by atoms with E-state index in [0.29, 0.717) is 5.92 Å². The molecule has 2 heterocycles. The summed E-state index contributed by atoms with van der Waals surface area (Å²) in [6, 6.07) is 8.11. The number of amides is 1. The van der Waals surface area contributed by atoms with Crippen molar-refractivity contribution in [2.75, 3.05) is 40.3 Å². The third kappa shape index (κ3) is 5.30. The first kappa shape index (κ1) is 19.8. The number of aromatic nitrogens is 1. The summed E-state index contributed by atoms with van der Waals surface area (Å²) in [6.45, 7) is 5.71. The van der Waals surface area contributed by atoms with Gasteiger partial charge in [-0.05, 0) is 69.9 Å². The first-order valence-electron chi connectivity index (χ1n) is 9.57. The van der Waals surface area contributed by atoms with Crippen molar-refractivity contribution in [3.05, 3.63) is 45.9 Å². The van der Waals surface area contributed by atoms with Crippen molar-refractivity contribution in [1.29, 1.82) is 0 Å². The maximum Gasteiger partial charge on any atom is 0.265 e. The summed E-state index contributed by atoms with van der Waals surface area (Å²) in [5.41, 5.74) is 3.82. The van der Waals surface area contributed by atoms with Gasteiger partial charge in [-0.1, -0.05) is 12.1 Å². The Morgan fingerprint density at radius 3 is 2.59 bits per heavy atom. The summed E-state index contributed by atoms with van der Waals surface area (Å²) in [4.78, 5) is 22.6. The number of ether oxygens (including phenoxy) is 1. The van der Waals surface area contributed by atoms with Gasteiger partial charge in [0.1, 0.15) is 10.6 Å². The number of piperidine rings is 1. The summed E-state index contributed by atoms with van der Waals surface area (Å²) in [6.07, 6.45) is 3.16. The van der Waals surface area contributed by atoms with Crippen molar-refractivity contribution in [2.45, 2.75) is 26.2 Å². The smallest absolute Gasteiger partial charge is 0.265 e. The molecule has 0 aliphatic carbocycles. The molecule has 1 aliphatic heterocycles. The maximum atomic E-state index is 13.2. The van der Waals surface area contributed by atoms with E-state index in [2.05, 4.69) is 29.1 Å². The minimum atomic E-state index is 0.127. The van der Waals surface area contributed by atoms with Gasteiger partial charge in [0.15, 0.2) is 0 Å². The molecule has 3 rings (SSSR count). The Bertz CT molecular complexity index is 736. The van der Waals surface area contributed by atoms with Crippen LogP contribution in [0.15, 0.2) is 29.8 Å².